The number of hydrogen-bond acceptors (Lipinski definition) is 7. The molecule has 200 valence electrons. The number of rotatable bonds is 12. The molecule has 0 spiro atoms. The zero-order chi connectivity index (χ0) is 26.7. The standard InChI is InChI=1S/C21H35N9O5S/c22-20(23)26-10-4-8-15(29-36(34,35)13-14-6-2-1-3-7-14)18(32)27-12-17(31)28-16-9-5-11-30(19(16)33)21(24)25/h1-3,6-7,15-16,19,29,33H,4-5,8-13H2,(H3,24,25)(H,27,32)(H,28,31)(H4,22,23,26)/t15-,16+,19?/m1/s1. The normalized spacial score (nSPS) is 18.6. The maximum Gasteiger partial charge on any atom is 0.239 e. The Kier molecular flexibility index (Phi) is 10.9. The lowest BCUT2D eigenvalue weighted by Gasteiger charge is -2.38. The van der Waals surface area contributed by atoms with Gasteiger partial charge in [0.05, 0.1) is 18.3 Å². The number of carbonyl (C=O) groups excluding carboxylic acids is 2. The molecule has 1 fully saturated rings. The number of likely N-dealkylation sites (tertiary alicyclic amines) is 1. The molecule has 14 nitrogen and oxygen atoms in total. The summed E-state index contributed by atoms with van der Waals surface area (Å²) in [6.07, 6.45) is 0.314. The first-order chi connectivity index (χ1) is 17.0. The summed E-state index contributed by atoms with van der Waals surface area (Å²) < 4.78 is 27.8. The minimum atomic E-state index is -3.88. The van der Waals surface area contributed by atoms with Gasteiger partial charge in [0.15, 0.2) is 11.9 Å². The van der Waals surface area contributed by atoms with E-state index >= 15 is 0 Å². The number of nitrogens with one attached hydrogen (secondary N) is 4. The maximum absolute atomic E-state index is 12.8. The molecule has 0 bridgehead atoms. The van der Waals surface area contributed by atoms with Gasteiger partial charge < -0.3 is 37.8 Å². The van der Waals surface area contributed by atoms with E-state index in [0.717, 1.165) is 0 Å². The highest BCUT2D eigenvalue weighted by molar-refractivity contribution is 7.88. The summed E-state index contributed by atoms with van der Waals surface area (Å²) in [5.41, 5.74) is 16.6. The molecule has 1 aliphatic rings. The third kappa shape index (κ3) is 9.67. The highest BCUT2D eigenvalue weighted by Gasteiger charge is 2.32. The number of sulfonamides is 1. The number of nitrogens with two attached hydrogens (primary N) is 3. The molecule has 1 heterocycles. The van der Waals surface area contributed by atoms with Crippen LogP contribution in [0, 0.1) is 5.41 Å². The maximum atomic E-state index is 12.8. The van der Waals surface area contributed by atoms with Crippen LogP contribution in [-0.2, 0) is 25.4 Å². The van der Waals surface area contributed by atoms with Crippen molar-refractivity contribution in [2.75, 3.05) is 19.6 Å². The van der Waals surface area contributed by atoms with Crippen molar-refractivity contribution in [2.45, 2.75) is 49.7 Å². The molecule has 15 heteroatoms. The van der Waals surface area contributed by atoms with E-state index in [9.17, 15) is 23.1 Å². The Balaban J connectivity index is 1.97. The number of aliphatic imine (C=N–C) groups is 1. The third-order valence-electron chi connectivity index (χ3n) is 5.46. The average Bonchev–Trinajstić information content (AvgIpc) is 2.80. The minimum Gasteiger partial charge on any atom is -0.371 e. The van der Waals surface area contributed by atoms with Gasteiger partial charge in [-0.05, 0) is 31.2 Å². The summed E-state index contributed by atoms with van der Waals surface area (Å²) in [7, 11) is -3.88. The van der Waals surface area contributed by atoms with Gasteiger partial charge in [-0.1, -0.05) is 30.3 Å². The first-order valence-corrected chi connectivity index (χ1v) is 13.1. The second kappa shape index (κ2) is 13.6. The highest BCUT2D eigenvalue weighted by Crippen LogP contribution is 2.15. The third-order valence-corrected chi connectivity index (χ3v) is 6.81. The molecule has 2 amide bonds. The number of aliphatic hydroxyl groups is 1. The van der Waals surface area contributed by atoms with Gasteiger partial charge in [-0.25, -0.2) is 13.1 Å². The van der Waals surface area contributed by atoms with Crippen LogP contribution in [0.1, 0.15) is 31.2 Å². The molecule has 0 aromatic heterocycles. The topological polar surface area (TPSA) is 242 Å². The Morgan fingerprint density at radius 1 is 1.22 bits per heavy atom. The van der Waals surface area contributed by atoms with Crippen molar-refractivity contribution in [3.63, 3.8) is 0 Å². The van der Waals surface area contributed by atoms with Crippen LogP contribution in [0.4, 0.5) is 0 Å². The number of amides is 2. The first kappa shape index (κ1) is 28.8. The van der Waals surface area contributed by atoms with E-state index in [1.54, 1.807) is 30.3 Å². The van der Waals surface area contributed by atoms with Gasteiger partial charge in [-0.15, -0.1) is 0 Å². The summed E-state index contributed by atoms with van der Waals surface area (Å²) in [4.78, 5) is 30.3. The van der Waals surface area contributed by atoms with Crippen LogP contribution in [-0.4, -0.2) is 80.1 Å². The Morgan fingerprint density at radius 3 is 2.56 bits per heavy atom. The number of benzene rings is 1. The second-order valence-corrected chi connectivity index (χ2v) is 10.1. The van der Waals surface area contributed by atoms with E-state index in [1.807, 2.05) is 0 Å². The number of nitrogens with zero attached hydrogens (tertiary/aromatic N) is 2. The largest absolute Gasteiger partial charge is 0.371 e. The number of piperidine rings is 1. The average molecular weight is 526 g/mol. The smallest absolute Gasteiger partial charge is 0.239 e. The molecular formula is C21H35N9O5S. The van der Waals surface area contributed by atoms with Crippen molar-refractivity contribution in [1.29, 1.82) is 5.41 Å². The zero-order valence-electron chi connectivity index (χ0n) is 19.9. The van der Waals surface area contributed by atoms with Crippen LogP contribution >= 0.6 is 0 Å². The molecule has 0 aliphatic carbocycles. The van der Waals surface area contributed by atoms with Crippen LogP contribution < -0.4 is 32.6 Å². The van der Waals surface area contributed by atoms with Gasteiger partial charge >= 0.3 is 0 Å². The number of aliphatic hydroxyl groups excluding tert-OH is 1. The van der Waals surface area contributed by atoms with Crippen molar-refractivity contribution in [3.05, 3.63) is 35.9 Å². The molecule has 1 aromatic carbocycles. The van der Waals surface area contributed by atoms with E-state index < -0.39 is 46.7 Å². The van der Waals surface area contributed by atoms with Crippen LogP contribution in [0.5, 0.6) is 0 Å². The fourth-order valence-electron chi connectivity index (χ4n) is 3.74. The lowest BCUT2D eigenvalue weighted by molar-refractivity contribution is -0.128. The predicted octanol–water partition coefficient (Wildman–Crippen LogP) is -2.56. The zero-order valence-corrected chi connectivity index (χ0v) is 20.7. The van der Waals surface area contributed by atoms with Gasteiger partial charge in [-0.3, -0.25) is 20.0 Å². The molecule has 1 saturated heterocycles. The van der Waals surface area contributed by atoms with Crippen LogP contribution in [0.3, 0.4) is 0 Å². The van der Waals surface area contributed by atoms with Crippen molar-refractivity contribution >= 4 is 33.8 Å². The summed E-state index contributed by atoms with van der Waals surface area (Å²) in [6, 6.07) is 6.66. The Labute approximate surface area is 210 Å². The van der Waals surface area contributed by atoms with E-state index in [0.29, 0.717) is 31.4 Å². The lowest BCUT2D eigenvalue weighted by Crippen LogP contribution is -2.59. The number of hydrogen-bond donors (Lipinski definition) is 8. The second-order valence-electron chi connectivity index (χ2n) is 8.39. The molecule has 1 unspecified atom stereocenters. The van der Waals surface area contributed by atoms with Gasteiger partial charge in [0.25, 0.3) is 0 Å². The van der Waals surface area contributed by atoms with E-state index in [4.69, 9.17) is 22.6 Å². The first-order valence-electron chi connectivity index (χ1n) is 11.4. The van der Waals surface area contributed by atoms with Crippen LogP contribution in [0.15, 0.2) is 35.3 Å². The fraction of sp³-hybridized carbons (Fsp3) is 0.524. The van der Waals surface area contributed by atoms with Gasteiger partial charge in [0.2, 0.25) is 21.8 Å². The van der Waals surface area contributed by atoms with Crippen molar-refractivity contribution in [3.8, 4) is 0 Å². The number of guanidine groups is 2. The molecule has 11 N–H and O–H groups in total. The highest BCUT2D eigenvalue weighted by atomic mass is 32.2. The minimum absolute atomic E-state index is 0.0904. The van der Waals surface area contributed by atoms with E-state index in [-0.39, 0.29) is 30.6 Å². The quantitative estimate of drug-likeness (QED) is 0.0811. The molecule has 3 atom stereocenters. The molecule has 1 aliphatic heterocycles. The van der Waals surface area contributed by atoms with Gasteiger partial charge in [0, 0.05) is 13.1 Å². The summed E-state index contributed by atoms with van der Waals surface area (Å²) in [6.45, 7) is 0.149. The van der Waals surface area contributed by atoms with Crippen LogP contribution in [0.2, 0.25) is 0 Å². The molecule has 0 saturated carbocycles. The number of carbonyl (C=O) groups is 2. The van der Waals surface area contributed by atoms with Crippen molar-refractivity contribution < 1.29 is 23.1 Å². The molecule has 1 aromatic rings. The Bertz CT molecular complexity index is 1030. The molecule has 36 heavy (non-hydrogen) atoms. The van der Waals surface area contributed by atoms with Crippen molar-refractivity contribution in [1.82, 2.24) is 20.3 Å². The Morgan fingerprint density at radius 2 is 1.92 bits per heavy atom. The Hall–Kier alpha value is -3.43. The molecule has 0 radical (unpaired) electrons. The lowest BCUT2D eigenvalue weighted by atomic mass is 10.0. The summed E-state index contributed by atoms with van der Waals surface area (Å²) >= 11 is 0. The molecular weight excluding hydrogens is 490 g/mol. The van der Waals surface area contributed by atoms with Crippen LogP contribution in [0.25, 0.3) is 0 Å². The fourth-order valence-corrected chi connectivity index (χ4v) is 5.11. The van der Waals surface area contributed by atoms with Gasteiger partial charge in [-0.2, -0.15) is 0 Å². The predicted molar refractivity (Wildman–Crippen MR) is 135 cm³/mol. The van der Waals surface area contributed by atoms with Crippen molar-refractivity contribution in [2.24, 2.45) is 22.2 Å². The van der Waals surface area contributed by atoms with E-state index in [2.05, 4.69) is 20.3 Å². The summed E-state index contributed by atoms with van der Waals surface area (Å²) in [5.74, 6) is -2.02. The monoisotopic (exact) mass is 525 g/mol. The van der Waals surface area contributed by atoms with E-state index in [1.165, 1.54) is 4.90 Å². The van der Waals surface area contributed by atoms with Gasteiger partial charge in [0.1, 0.15) is 12.3 Å². The summed E-state index contributed by atoms with van der Waals surface area (Å²) in [5, 5.41) is 22.9. The SMILES string of the molecule is N=C(N)N1CCC[C@H](NC(=O)CNC(=O)[C@@H](CCCN=C(N)N)NS(=O)(=O)Cc2ccccc2)C1O. The molecule has 2 rings (SSSR count).